The van der Waals surface area contributed by atoms with Crippen LogP contribution < -0.4 is 0 Å². The van der Waals surface area contributed by atoms with Gasteiger partial charge < -0.3 is 5.11 Å². The van der Waals surface area contributed by atoms with Crippen molar-refractivity contribution in [3.8, 4) is 11.8 Å². The molecule has 0 amide bonds. The van der Waals surface area contributed by atoms with Crippen LogP contribution in [0.5, 0.6) is 5.75 Å². The summed E-state index contributed by atoms with van der Waals surface area (Å²) in [7, 11) is 0. The van der Waals surface area contributed by atoms with Gasteiger partial charge in [0, 0.05) is 10.0 Å². The molecule has 1 aromatic rings. The molecule has 1 aliphatic carbocycles. The van der Waals surface area contributed by atoms with Gasteiger partial charge >= 0.3 is 0 Å². The van der Waals surface area contributed by atoms with Gasteiger partial charge in [0.2, 0.25) is 0 Å². The molecule has 0 unspecified atom stereocenters. The fourth-order valence-electron chi connectivity index (χ4n) is 1.89. The van der Waals surface area contributed by atoms with Gasteiger partial charge in [0.1, 0.15) is 5.75 Å². The molecule has 0 aromatic heterocycles. The zero-order chi connectivity index (χ0) is 11.1. The predicted octanol–water partition coefficient (Wildman–Crippen LogP) is 3.75. The van der Waals surface area contributed by atoms with Crippen molar-refractivity contribution in [2.45, 2.75) is 24.7 Å². The SMILES string of the molecule is N#CC1(c2cc(Cl)c(Br)cc2O)CCC1. The van der Waals surface area contributed by atoms with Gasteiger partial charge in [-0.3, -0.25) is 0 Å². The summed E-state index contributed by atoms with van der Waals surface area (Å²) in [6.07, 6.45) is 2.63. The van der Waals surface area contributed by atoms with Crippen LogP contribution in [0.4, 0.5) is 0 Å². The first-order valence-corrected chi connectivity index (χ1v) is 5.86. The summed E-state index contributed by atoms with van der Waals surface area (Å²) < 4.78 is 0.651. The number of halogens is 2. The Kier molecular flexibility index (Phi) is 2.66. The second-order valence-corrected chi connectivity index (χ2v) is 5.09. The Morgan fingerprint density at radius 1 is 1.47 bits per heavy atom. The molecule has 0 atom stereocenters. The third kappa shape index (κ3) is 1.62. The van der Waals surface area contributed by atoms with Crippen molar-refractivity contribution in [1.82, 2.24) is 0 Å². The van der Waals surface area contributed by atoms with Crippen molar-refractivity contribution in [3.05, 3.63) is 27.2 Å². The molecule has 78 valence electrons. The lowest BCUT2D eigenvalue weighted by molar-refractivity contribution is 0.311. The molecule has 1 aromatic carbocycles. The van der Waals surface area contributed by atoms with Gasteiger partial charge in [-0.15, -0.1) is 0 Å². The summed E-state index contributed by atoms with van der Waals surface area (Å²) in [4.78, 5) is 0. The number of phenolic OH excluding ortho intramolecular Hbond substituents is 1. The fraction of sp³-hybridized carbons (Fsp3) is 0.364. The van der Waals surface area contributed by atoms with Crippen LogP contribution in [0.3, 0.4) is 0 Å². The minimum Gasteiger partial charge on any atom is -0.508 e. The minimum atomic E-state index is -0.519. The molecular formula is C11H9BrClNO. The highest BCUT2D eigenvalue weighted by Crippen LogP contribution is 2.48. The summed E-state index contributed by atoms with van der Waals surface area (Å²) >= 11 is 9.20. The Morgan fingerprint density at radius 2 is 2.13 bits per heavy atom. The Morgan fingerprint density at radius 3 is 2.60 bits per heavy atom. The summed E-state index contributed by atoms with van der Waals surface area (Å²) in [5.41, 5.74) is 0.137. The van der Waals surface area contributed by atoms with Crippen molar-refractivity contribution < 1.29 is 5.11 Å². The molecular weight excluding hydrogens is 277 g/mol. The molecule has 2 nitrogen and oxygen atoms in total. The van der Waals surface area contributed by atoms with Crippen LogP contribution in [0.2, 0.25) is 5.02 Å². The largest absolute Gasteiger partial charge is 0.508 e. The van der Waals surface area contributed by atoms with Crippen molar-refractivity contribution in [1.29, 1.82) is 5.26 Å². The van der Waals surface area contributed by atoms with Crippen LogP contribution in [-0.2, 0) is 5.41 Å². The summed E-state index contributed by atoms with van der Waals surface area (Å²) in [5.74, 6) is 0.146. The second kappa shape index (κ2) is 3.70. The molecule has 2 rings (SSSR count). The van der Waals surface area contributed by atoms with Gasteiger partial charge in [0.05, 0.1) is 16.5 Å². The first-order chi connectivity index (χ1) is 7.09. The number of hydrogen-bond acceptors (Lipinski definition) is 2. The molecule has 0 radical (unpaired) electrons. The zero-order valence-electron chi connectivity index (χ0n) is 7.93. The van der Waals surface area contributed by atoms with Crippen LogP contribution in [-0.4, -0.2) is 5.11 Å². The fourth-order valence-corrected chi connectivity index (χ4v) is 2.39. The van der Waals surface area contributed by atoms with Crippen LogP contribution in [0, 0.1) is 11.3 Å². The standard InChI is InChI=1S/C11H9BrClNO/c12-8-5-10(15)7(4-9(8)13)11(6-14)2-1-3-11/h4-5,15H,1-3H2. The quantitative estimate of drug-likeness (QED) is 0.854. The molecule has 1 N–H and O–H groups in total. The molecule has 15 heavy (non-hydrogen) atoms. The Bertz CT molecular complexity index is 449. The monoisotopic (exact) mass is 285 g/mol. The van der Waals surface area contributed by atoms with E-state index in [1.165, 1.54) is 0 Å². The van der Waals surface area contributed by atoms with E-state index >= 15 is 0 Å². The predicted molar refractivity (Wildman–Crippen MR) is 62.0 cm³/mol. The molecule has 0 saturated heterocycles. The Balaban J connectivity index is 2.54. The van der Waals surface area contributed by atoms with Gasteiger partial charge in [-0.1, -0.05) is 11.6 Å². The van der Waals surface area contributed by atoms with Crippen LogP contribution in [0.25, 0.3) is 0 Å². The third-order valence-corrected chi connectivity index (χ3v) is 4.17. The maximum absolute atomic E-state index is 9.81. The first-order valence-electron chi connectivity index (χ1n) is 4.69. The van der Waals surface area contributed by atoms with Crippen molar-refractivity contribution >= 4 is 27.5 Å². The number of benzene rings is 1. The molecule has 1 fully saturated rings. The number of aromatic hydroxyl groups is 1. The molecule has 0 aliphatic heterocycles. The van der Waals surface area contributed by atoms with Gasteiger partial charge in [-0.2, -0.15) is 5.26 Å². The van der Waals surface area contributed by atoms with Crippen LogP contribution in [0.15, 0.2) is 16.6 Å². The van der Waals surface area contributed by atoms with Crippen molar-refractivity contribution in [2.75, 3.05) is 0 Å². The maximum atomic E-state index is 9.81. The highest BCUT2D eigenvalue weighted by molar-refractivity contribution is 9.10. The normalized spacial score (nSPS) is 17.9. The van der Waals surface area contributed by atoms with Crippen molar-refractivity contribution in [3.63, 3.8) is 0 Å². The number of nitrogens with zero attached hydrogens (tertiary/aromatic N) is 1. The Hall–Kier alpha value is -0.720. The van der Waals surface area contributed by atoms with E-state index in [1.54, 1.807) is 12.1 Å². The number of hydrogen-bond donors (Lipinski definition) is 1. The first kappa shape index (κ1) is 10.8. The van der Waals surface area contributed by atoms with Gasteiger partial charge in [-0.05, 0) is 47.3 Å². The van der Waals surface area contributed by atoms with E-state index in [4.69, 9.17) is 16.9 Å². The number of rotatable bonds is 1. The average molecular weight is 287 g/mol. The average Bonchev–Trinajstić information content (AvgIpc) is 2.12. The minimum absolute atomic E-state index is 0.146. The van der Waals surface area contributed by atoms with E-state index in [2.05, 4.69) is 22.0 Å². The topological polar surface area (TPSA) is 44.0 Å². The lowest BCUT2D eigenvalue weighted by Crippen LogP contribution is -2.32. The summed E-state index contributed by atoms with van der Waals surface area (Å²) in [6.45, 7) is 0. The maximum Gasteiger partial charge on any atom is 0.121 e. The molecule has 0 heterocycles. The molecule has 4 heteroatoms. The van der Waals surface area contributed by atoms with E-state index in [9.17, 15) is 5.11 Å². The molecule has 1 saturated carbocycles. The van der Waals surface area contributed by atoms with E-state index < -0.39 is 5.41 Å². The second-order valence-electron chi connectivity index (χ2n) is 3.83. The van der Waals surface area contributed by atoms with E-state index in [0.717, 1.165) is 19.3 Å². The lowest BCUT2D eigenvalue weighted by atomic mass is 9.65. The highest BCUT2D eigenvalue weighted by atomic mass is 79.9. The summed E-state index contributed by atoms with van der Waals surface area (Å²) in [6, 6.07) is 5.52. The van der Waals surface area contributed by atoms with E-state index in [1.807, 2.05) is 0 Å². The van der Waals surface area contributed by atoms with E-state index in [-0.39, 0.29) is 5.75 Å². The van der Waals surface area contributed by atoms with Crippen LogP contribution >= 0.6 is 27.5 Å². The zero-order valence-corrected chi connectivity index (χ0v) is 10.3. The Labute approximate surface area is 102 Å². The van der Waals surface area contributed by atoms with Crippen molar-refractivity contribution in [2.24, 2.45) is 0 Å². The van der Waals surface area contributed by atoms with Gasteiger partial charge in [0.15, 0.2) is 0 Å². The smallest absolute Gasteiger partial charge is 0.121 e. The van der Waals surface area contributed by atoms with Crippen LogP contribution in [0.1, 0.15) is 24.8 Å². The molecule has 0 bridgehead atoms. The highest BCUT2D eigenvalue weighted by Gasteiger charge is 2.41. The molecule has 1 aliphatic rings. The lowest BCUT2D eigenvalue weighted by Gasteiger charge is -2.36. The summed E-state index contributed by atoms with van der Waals surface area (Å²) in [5, 5.41) is 19.5. The number of phenols is 1. The third-order valence-electron chi connectivity index (χ3n) is 2.98. The van der Waals surface area contributed by atoms with E-state index in [0.29, 0.717) is 15.1 Å². The van der Waals surface area contributed by atoms with Gasteiger partial charge in [0.25, 0.3) is 0 Å². The molecule has 0 spiro atoms. The van der Waals surface area contributed by atoms with Gasteiger partial charge in [-0.25, -0.2) is 0 Å². The number of nitriles is 1.